The third-order valence-corrected chi connectivity index (χ3v) is 8.17. The lowest BCUT2D eigenvalue weighted by Gasteiger charge is -2.32. The summed E-state index contributed by atoms with van der Waals surface area (Å²) in [6.07, 6.45) is 9.56. The van der Waals surface area contributed by atoms with Crippen molar-refractivity contribution >= 4 is 5.91 Å². The Bertz CT molecular complexity index is 1290. The van der Waals surface area contributed by atoms with E-state index in [1.165, 1.54) is 50.0 Å². The molecule has 3 heterocycles. The van der Waals surface area contributed by atoms with Gasteiger partial charge in [-0.25, -0.2) is 4.39 Å². The summed E-state index contributed by atoms with van der Waals surface area (Å²) in [5, 5.41) is 10.2. The molecule has 8 heteroatoms. The lowest BCUT2D eigenvalue weighted by atomic mass is 9.90. The number of aromatic hydroxyl groups is 1. The zero-order valence-corrected chi connectivity index (χ0v) is 23.6. The first-order valence-electron chi connectivity index (χ1n) is 14.8. The van der Waals surface area contributed by atoms with E-state index >= 15 is 0 Å². The zero-order valence-electron chi connectivity index (χ0n) is 23.6. The number of rotatable bonds is 11. The van der Waals surface area contributed by atoms with Crippen LogP contribution in [-0.2, 0) is 11.2 Å². The minimum Gasteiger partial charge on any atom is -0.507 e. The van der Waals surface area contributed by atoms with Crippen LogP contribution in [0, 0.1) is 11.7 Å². The molecule has 2 aromatic carbocycles. The number of piperidine rings is 2. The predicted octanol–water partition coefficient (Wildman–Crippen LogP) is 5.71. The molecule has 7 nitrogen and oxygen atoms in total. The number of phenolic OH excluding ortho intramolecular Hbond substituents is 1. The normalized spacial score (nSPS) is 16.5. The van der Waals surface area contributed by atoms with Crippen molar-refractivity contribution in [1.82, 2.24) is 14.8 Å². The number of phenols is 1. The minimum absolute atomic E-state index is 0.0732. The van der Waals surface area contributed by atoms with E-state index in [1.807, 2.05) is 11.0 Å². The van der Waals surface area contributed by atoms with Gasteiger partial charge in [-0.3, -0.25) is 14.7 Å². The summed E-state index contributed by atoms with van der Waals surface area (Å²) in [6.45, 7) is 5.42. The molecule has 2 saturated heterocycles. The fourth-order valence-corrected chi connectivity index (χ4v) is 5.75. The third-order valence-electron chi connectivity index (χ3n) is 8.17. The summed E-state index contributed by atoms with van der Waals surface area (Å²) in [5.41, 5.74) is 2.02. The van der Waals surface area contributed by atoms with Crippen LogP contribution >= 0.6 is 0 Å². The molecule has 3 aromatic rings. The van der Waals surface area contributed by atoms with Crippen molar-refractivity contribution in [1.29, 1.82) is 0 Å². The van der Waals surface area contributed by atoms with Crippen LogP contribution in [0.15, 0.2) is 60.8 Å². The van der Waals surface area contributed by atoms with Gasteiger partial charge in [0.1, 0.15) is 35.4 Å². The van der Waals surface area contributed by atoms with Crippen molar-refractivity contribution in [2.24, 2.45) is 5.92 Å². The number of nitrogens with zero attached hydrogens (tertiary/aromatic N) is 3. The molecule has 1 amide bonds. The Hall–Kier alpha value is -3.65. The van der Waals surface area contributed by atoms with Crippen molar-refractivity contribution in [3.63, 3.8) is 0 Å². The predicted molar refractivity (Wildman–Crippen MR) is 157 cm³/mol. The molecule has 0 radical (unpaired) electrons. The Morgan fingerprint density at radius 3 is 2.61 bits per heavy atom. The number of aryl methyl sites for hydroxylation is 1. The summed E-state index contributed by atoms with van der Waals surface area (Å²) >= 11 is 0. The van der Waals surface area contributed by atoms with Gasteiger partial charge in [0.2, 0.25) is 0 Å². The number of hydrogen-bond acceptors (Lipinski definition) is 6. The first-order valence-corrected chi connectivity index (χ1v) is 14.8. The van der Waals surface area contributed by atoms with Crippen molar-refractivity contribution in [2.75, 3.05) is 45.9 Å². The summed E-state index contributed by atoms with van der Waals surface area (Å²) in [5.74, 6) is 1.06. The van der Waals surface area contributed by atoms with E-state index in [-0.39, 0.29) is 18.3 Å². The van der Waals surface area contributed by atoms with Crippen molar-refractivity contribution < 1.29 is 23.8 Å². The Morgan fingerprint density at radius 2 is 1.80 bits per heavy atom. The number of amides is 1. The van der Waals surface area contributed by atoms with Crippen LogP contribution in [0.1, 0.15) is 44.1 Å². The van der Waals surface area contributed by atoms with Crippen molar-refractivity contribution in [2.45, 2.75) is 44.9 Å². The quantitative estimate of drug-likeness (QED) is 0.323. The van der Waals surface area contributed by atoms with E-state index in [4.69, 9.17) is 9.47 Å². The molecule has 1 N–H and O–H groups in total. The van der Waals surface area contributed by atoms with E-state index in [1.54, 1.807) is 18.3 Å². The average Bonchev–Trinajstić information content (AvgIpc) is 3.00. The number of carbonyl (C=O) groups excluding carboxylic acids is 1. The standard InChI is InChI=1S/C33H40FN3O4/c34-27-11-12-29(30(38)23-27)33-31(8-5-15-35-33)41-24-32(39)37-18-13-25(14-19-37)9-10-26-6-4-7-28(22-26)40-21-20-36-16-2-1-3-17-36/h4-8,11-12,15,22-23,25,38H,1-3,9-10,13-14,16-21,24H2. The van der Waals surface area contributed by atoms with Gasteiger partial charge in [-0.2, -0.15) is 0 Å². The van der Waals surface area contributed by atoms with Crippen molar-refractivity contribution in [3.05, 3.63) is 72.2 Å². The van der Waals surface area contributed by atoms with Gasteiger partial charge >= 0.3 is 0 Å². The SMILES string of the molecule is O=C(COc1cccnc1-c1ccc(F)cc1O)N1CCC(CCc2cccc(OCCN3CCCCC3)c2)CC1. The molecule has 218 valence electrons. The first-order chi connectivity index (χ1) is 20.0. The fraction of sp³-hybridized carbons (Fsp3) is 0.455. The minimum atomic E-state index is -0.538. The second-order valence-electron chi connectivity index (χ2n) is 11.1. The van der Waals surface area contributed by atoms with Gasteiger partial charge in [0.25, 0.3) is 5.91 Å². The van der Waals surface area contributed by atoms with Crippen LogP contribution < -0.4 is 9.47 Å². The van der Waals surface area contributed by atoms with Gasteiger partial charge in [0.15, 0.2) is 6.61 Å². The first kappa shape index (κ1) is 28.9. The molecule has 0 unspecified atom stereocenters. The Balaban J connectivity index is 1.04. The van der Waals surface area contributed by atoms with Crippen LogP contribution in [0.2, 0.25) is 0 Å². The number of aromatic nitrogens is 1. The van der Waals surface area contributed by atoms with E-state index in [2.05, 4.69) is 28.1 Å². The number of halogens is 1. The van der Waals surface area contributed by atoms with Crippen LogP contribution in [0.3, 0.4) is 0 Å². The number of benzene rings is 2. The van der Waals surface area contributed by atoms with E-state index in [9.17, 15) is 14.3 Å². The van der Waals surface area contributed by atoms with Crippen LogP contribution in [-0.4, -0.2) is 71.7 Å². The third kappa shape index (κ3) is 8.19. The van der Waals surface area contributed by atoms with Gasteiger partial charge in [0, 0.05) is 37.5 Å². The maximum atomic E-state index is 13.4. The van der Waals surface area contributed by atoms with Gasteiger partial charge in [-0.1, -0.05) is 18.6 Å². The fourth-order valence-electron chi connectivity index (χ4n) is 5.75. The molecule has 1 aromatic heterocycles. The smallest absolute Gasteiger partial charge is 0.260 e. The number of likely N-dealkylation sites (tertiary alicyclic amines) is 2. The average molecular weight is 562 g/mol. The van der Waals surface area contributed by atoms with Crippen LogP contribution in [0.4, 0.5) is 4.39 Å². The van der Waals surface area contributed by atoms with Crippen LogP contribution in [0.5, 0.6) is 17.2 Å². The number of pyridine rings is 1. The molecule has 0 aliphatic carbocycles. The monoisotopic (exact) mass is 561 g/mol. The molecule has 2 aliphatic heterocycles. The Kier molecular flexibility index (Phi) is 10.1. The number of hydrogen-bond donors (Lipinski definition) is 1. The lowest BCUT2D eigenvalue weighted by molar-refractivity contribution is -0.134. The molecule has 0 spiro atoms. The molecule has 2 aliphatic rings. The number of carbonyl (C=O) groups is 1. The number of ether oxygens (including phenoxy) is 2. The molecule has 0 saturated carbocycles. The summed E-state index contributed by atoms with van der Waals surface area (Å²) in [7, 11) is 0. The molecule has 0 atom stereocenters. The summed E-state index contributed by atoms with van der Waals surface area (Å²) < 4.78 is 25.3. The van der Waals surface area contributed by atoms with Gasteiger partial charge in [0.05, 0.1) is 0 Å². The lowest BCUT2D eigenvalue weighted by Crippen LogP contribution is -2.41. The molecular weight excluding hydrogens is 521 g/mol. The topological polar surface area (TPSA) is 75.1 Å². The highest BCUT2D eigenvalue weighted by Crippen LogP contribution is 2.34. The molecule has 0 bridgehead atoms. The second kappa shape index (κ2) is 14.3. The van der Waals surface area contributed by atoms with Gasteiger partial charge < -0.3 is 19.5 Å². The Morgan fingerprint density at radius 1 is 0.976 bits per heavy atom. The maximum Gasteiger partial charge on any atom is 0.260 e. The van der Waals surface area contributed by atoms with Gasteiger partial charge in [-0.15, -0.1) is 0 Å². The van der Waals surface area contributed by atoms with Crippen molar-refractivity contribution in [3.8, 4) is 28.5 Å². The molecule has 5 rings (SSSR count). The molecule has 41 heavy (non-hydrogen) atoms. The van der Waals surface area contributed by atoms with E-state index in [0.29, 0.717) is 36.0 Å². The Labute approximate surface area is 241 Å². The van der Waals surface area contributed by atoms with E-state index < -0.39 is 5.82 Å². The second-order valence-corrected chi connectivity index (χ2v) is 11.1. The largest absolute Gasteiger partial charge is 0.507 e. The highest BCUT2D eigenvalue weighted by Gasteiger charge is 2.23. The molecule has 2 fully saturated rings. The van der Waals surface area contributed by atoms with E-state index in [0.717, 1.165) is 50.7 Å². The maximum absolute atomic E-state index is 13.4. The summed E-state index contributed by atoms with van der Waals surface area (Å²) in [6, 6.07) is 15.6. The van der Waals surface area contributed by atoms with Crippen LogP contribution in [0.25, 0.3) is 11.3 Å². The molecular formula is C33H40FN3O4. The highest BCUT2D eigenvalue weighted by atomic mass is 19.1. The zero-order chi connectivity index (χ0) is 28.4. The summed E-state index contributed by atoms with van der Waals surface area (Å²) in [4.78, 5) is 21.5. The highest BCUT2D eigenvalue weighted by molar-refractivity contribution is 5.78. The van der Waals surface area contributed by atoms with Gasteiger partial charge in [-0.05, 0) is 99.5 Å².